The normalized spacial score (nSPS) is 29.8. The van der Waals surface area contributed by atoms with Crippen LogP contribution in [-0.2, 0) is 20.2 Å². The summed E-state index contributed by atoms with van der Waals surface area (Å²) in [5.41, 5.74) is 5.86. The van der Waals surface area contributed by atoms with Gasteiger partial charge in [0.25, 0.3) is 0 Å². The van der Waals surface area contributed by atoms with Crippen molar-refractivity contribution in [3.63, 3.8) is 0 Å². The number of unbranched alkanes of at least 4 members (excludes halogenated alkanes) is 2. The molecule has 0 spiro atoms. The Balaban J connectivity index is 0.00000243. The van der Waals surface area contributed by atoms with E-state index < -0.39 is 38.4 Å². The third kappa shape index (κ3) is 4.21. The van der Waals surface area contributed by atoms with Crippen molar-refractivity contribution < 1.29 is 28.7 Å². The van der Waals surface area contributed by atoms with Crippen LogP contribution in [0.25, 0.3) is 0 Å². The van der Waals surface area contributed by atoms with Gasteiger partial charge in [-0.3, -0.25) is 4.57 Å². The number of ether oxygens (including phenoxy) is 1. The average molecular weight is 393 g/mol. The first kappa shape index (κ1) is 21.1. The Hall–Kier alpha value is -1.17. The van der Waals surface area contributed by atoms with E-state index in [1.165, 1.54) is 10.8 Å². The van der Waals surface area contributed by atoms with Gasteiger partial charge in [-0.15, -0.1) is 4.52 Å². The van der Waals surface area contributed by atoms with Gasteiger partial charge in [-0.1, -0.05) is 19.8 Å². The fourth-order valence-electron chi connectivity index (χ4n) is 3.04. The van der Waals surface area contributed by atoms with Gasteiger partial charge in [-0.25, -0.2) is 4.79 Å². The predicted octanol–water partition coefficient (Wildman–Crippen LogP) is 0.0561. The molecule has 12 heteroatoms. The number of fused-ring (bicyclic) bond motifs is 1. The molecule has 0 aromatic carbocycles. The lowest BCUT2D eigenvalue weighted by atomic mass is 10.1. The molecule has 11 nitrogen and oxygen atoms in total. The van der Waals surface area contributed by atoms with Crippen LogP contribution in [0.1, 0.15) is 38.0 Å². The van der Waals surface area contributed by atoms with Crippen molar-refractivity contribution in [2.45, 2.75) is 57.1 Å². The number of nitrogens with two attached hydrogens (primary N) is 1. The number of anilines is 1. The van der Waals surface area contributed by atoms with Crippen LogP contribution in [0.3, 0.4) is 0 Å². The minimum Gasteiger partial charge on any atom is -0.385 e. The SMILES string of the molecule is CCCCCc1cn([C@@H]2O[C@@H]3CO[P+](O)(O)O[C@H]3[C@H]2O)c(=O)nc1N.N. The second-order valence-corrected chi connectivity index (χ2v) is 7.66. The van der Waals surface area contributed by atoms with Gasteiger partial charge in [-0.05, 0) is 12.8 Å². The van der Waals surface area contributed by atoms with E-state index in [-0.39, 0.29) is 18.6 Å². The summed E-state index contributed by atoms with van der Waals surface area (Å²) in [4.78, 5) is 35.0. The van der Waals surface area contributed by atoms with Crippen molar-refractivity contribution in [2.75, 3.05) is 12.3 Å². The molecule has 0 bridgehead atoms. The van der Waals surface area contributed by atoms with E-state index in [0.717, 1.165) is 19.3 Å². The van der Waals surface area contributed by atoms with Crippen molar-refractivity contribution in [1.82, 2.24) is 15.7 Å². The van der Waals surface area contributed by atoms with Gasteiger partial charge in [0.2, 0.25) is 0 Å². The molecule has 0 unspecified atom stereocenters. The van der Waals surface area contributed by atoms with Crippen LogP contribution in [0.15, 0.2) is 11.0 Å². The molecule has 2 fully saturated rings. The van der Waals surface area contributed by atoms with Gasteiger partial charge in [0, 0.05) is 11.8 Å². The maximum atomic E-state index is 12.2. The standard InChI is InChI=1S/C14H22N3O7P.H3N/c1-2-3-4-5-8-6-17(14(19)16-12(8)15)13-10(18)11-9(23-13)7-22-25(20,21)24-11;/h6,9-11,13,18,20-21H,2-5,7H2,1H3,(H-,15,16,19);1H3/p+1/t9-,10-,11-,13-;/m1./s1. The summed E-state index contributed by atoms with van der Waals surface area (Å²) in [6.07, 6.45) is 1.09. The van der Waals surface area contributed by atoms with Crippen molar-refractivity contribution >= 4 is 14.0 Å². The van der Waals surface area contributed by atoms with Crippen molar-refractivity contribution in [1.29, 1.82) is 0 Å². The number of aliphatic hydroxyl groups excluding tert-OH is 1. The molecule has 148 valence electrons. The predicted molar refractivity (Wildman–Crippen MR) is 93.3 cm³/mol. The Labute approximate surface area is 151 Å². The summed E-state index contributed by atoms with van der Waals surface area (Å²) in [6, 6.07) is 0. The van der Waals surface area contributed by atoms with Crippen LogP contribution in [0.4, 0.5) is 5.82 Å². The summed E-state index contributed by atoms with van der Waals surface area (Å²) in [7, 11) is -3.97. The molecular weight excluding hydrogens is 367 g/mol. The van der Waals surface area contributed by atoms with E-state index in [1.807, 2.05) is 0 Å². The maximum absolute atomic E-state index is 12.2. The second kappa shape index (κ2) is 8.24. The third-order valence-electron chi connectivity index (χ3n) is 4.36. The van der Waals surface area contributed by atoms with Crippen molar-refractivity contribution in [3.05, 3.63) is 22.2 Å². The number of hydrogen-bond donors (Lipinski definition) is 5. The summed E-state index contributed by atoms with van der Waals surface area (Å²) in [5.74, 6) is 0.164. The van der Waals surface area contributed by atoms with Crippen LogP contribution < -0.4 is 17.6 Å². The topological polar surface area (TPSA) is 184 Å². The molecule has 0 amide bonds. The highest BCUT2D eigenvalue weighted by atomic mass is 31.2. The first-order chi connectivity index (χ1) is 11.8. The van der Waals surface area contributed by atoms with Gasteiger partial charge < -0.3 is 21.7 Å². The molecule has 3 heterocycles. The summed E-state index contributed by atoms with van der Waals surface area (Å²) in [6.45, 7) is 1.93. The summed E-state index contributed by atoms with van der Waals surface area (Å²) >= 11 is 0. The van der Waals surface area contributed by atoms with Gasteiger partial charge in [0.05, 0.1) is 0 Å². The Bertz CT molecular complexity index is 686. The molecule has 1 aromatic heterocycles. The Morgan fingerprint density at radius 3 is 2.85 bits per heavy atom. The zero-order valence-corrected chi connectivity index (χ0v) is 15.4. The highest BCUT2D eigenvalue weighted by Crippen LogP contribution is 2.58. The fourth-order valence-corrected chi connectivity index (χ4v) is 4.01. The molecule has 3 rings (SSSR count). The highest BCUT2D eigenvalue weighted by Gasteiger charge is 2.59. The lowest BCUT2D eigenvalue weighted by Crippen LogP contribution is -2.41. The van der Waals surface area contributed by atoms with Gasteiger partial charge in [0.1, 0.15) is 24.6 Å². The van der Waals surface area contributed by atoms with Crippen molar-refractivity contribution in [3.8, 4) is 0 Å². The Morgan fingerprint density at radius 2 is 2.15 bits per heavy atom. The molecular formula is C14H26N4O7P+. The van der Waals surface area contributed by atoms with Gasteiger partial charge >= 0.3 is 13.9 Å². The molecule has 2 saturated heterocycles. The Kier molecular flexibility index (Phi) is 6.70. The number of hydrogen-bond acceptors (Lipinski definition) is 10. The first-order valence-electron chi connectivity index (χ1n) is 8.21. The lowest BCUT2D eigenvalue weighted by molar-refractivity contribution is -0.0763. The number of rotatable bonds is 5. The van der Waals surface area contributed by atoms with E-state index >= 15 is 0 Å². The van der Waals surface area contributed by atoms with Crippen LogP contribution in [0.5, 0.6) is 0 Å². The molecule has 2 aliphatic heterocycles. The molecule has 8 N–H and O–H groups in total. The molecule has 0 saturated carbocycles. The van der Waals surface area contributed by atoms with Gasteiger partial charge in [-0.2, -0.15) is 19.3 Å². The fraction of sp³-hybridized carbons (Fsp3) is 0.714. The molecule has 2 aliphatic rings. The van der Waals surface area contributed by atoms with E-state index in [2.05, 4.69) is 11.9 Å². The van der Waals surface area contributed by atoms with E-state index in [9.17, 15) is 19.7 Å². The van der Waals surface area contributed by atoms with E-state index in [0.29, 0.717) is 12.0 Å². The average Bonchev–Trinajstić information content (AvgIpc) is 2.85. The third-order valence-corrected chi connectivity index (χ3v) is 5.36. The first-order valence-corrected chi connectivity index (χ1v) is 9.74. The minimum atomic E-state index is -3.97. The second-order valence-electron chi connectivity index (χ2n) is 6.21. The smallest absolute Gasteiger partial charge is 0.385 e. The number of aryl methyl sites for hydroxylation is 1. The quantitative estimate of drug-likeness (QED) is 0.338. The van der Waals surface area contributed by atoms with Crippen LogP contribution in [-0.4, -0.2) is 49.4 Å². The van der Waals surface area contributed by atoms with Crippen molar-refractivity contribution in [2.24, 2.45) is 0 Å². The number of aromatic nitrogens is 2. The van der Waals surface area contributed by atoms with Crippen LogP contribution in [0.2, 0.25) is 0 Å². The minimum absolute atomic E-state index is 0. The maximum Gasteiger partial charge on any atom is 0.570 e. The van der Waals surface area contributed by atoms with Gasteiger partial charge in [0.15, 0.2) is 12.3 Å². The Morgan fingerprint density at radius 1 is 1.42 bits per heavy atom. The number of nitrogen functional groups attached to an aromatic ring is 1. The summed E-state index contributed by atoms with van der Waals surface area (Å²) in [5, 5.41) is 10.4. The molecule has 1 aromatic rings. The zero-order valence-electron chi connectivity index (χ0n) is 14.5. The van der Waals surface area contributed by atoms with Crippen LogP contribution >= 0.6 is 8.17 Å². The molecule has 0 radical (unpaired) electrons. The lowest BCUT2D eigenvalue weighted by Gasteiger charge is -2.24. The number of aliphatic hydroxyl groups is 1. The summed E-state index contributed by atoms with van der Waals surface area (Å²) < 4.78 is 16.6. The number of nitrogens with zero attached hydrogens (tertiary/aromatic N) is 2. The molecule has 0 aliphatic carbocycles. The van der Waals surface area contributed by atoms with E-state index in [1.54, 1.807) is 0 Å². The monoisotopic (exact) mass is 393 g/mol. The molecule has 4 atom stereocenters. The van der Waals surface area contributed by atoms with Crippen LogP contribution in [0, 0.1) is 0 Å². The largest absolute Gasteiger partial charge is 0.570 e. The highest BCUT2D eigenvalue weighted by molar-refractivity contribution is 7.54. The van der Waals surface area contributed by atoms with E-state index in [4.69, 9.17) is 19.5 Å². The zero-order chi connectivity index (χ0) is 18.2. The molecule has 26 heavy (non-hydrogen) atoms.